The topological polar surface area (TPSA) is 92.6 Å². The monoisotopic (exact) mass is 412 g/mol. The Morgan fingerprint density at radius 1 is 1.40 bits per heavy atom. The van der Waals surface area contributed by atoms with Crippen LogP contribution in [0.4, 0.5) is 11.5 Å². The van der Waals surface area contributed by atoms with E-state index in [0.29, 0.717) is 30.2 Å². The van der Waals surface area contributed by atoms with E-state index in [2.05, 4.69) is 15.3 Å². The first kappa shape index (κ1) is 20.3. The van der Waals surface area contributed by atoms with Crippen LogP contribution in [0.2, 0.25) is 0 Å². The van der Waals surface area contributed by atoms with Gasteiger partial charge in [0.15, 0.2) is 0 Å². The first-order chi connectivity index (χ1) is 14.4. The molecule has 9 nitrogen and oxygen atoms in total. The third-order valence-corrected chi connectivity index (χ3v) is 5.64. The van der Waals surface area contributed by atoms with Gasteiger partial charge < -0.3 is 24.4 Å². The molecule has 0 aliphatic carbocycles. The summed E-state index contributed by atoms with van der Waals surface area (Å²) in [6.45, 7) is 5.74. The number of hydrogen-bond acceptors (Lipinski definition) is 6. The average Bonchev–Trinajstić information content (AvgIpc) is 3.39. The van der Waals surface area contributed by atoms with Gasteiger partial charge >= 0.3 is 0 Å². The van der Waals surface area contributed by atoms with E-state index in [1.54, 1.807) is 28.3 Å². The van der Waals surface area contributed by atoms with Crippen molar-refractivity contribution in [3.8, 4) is 0 Å². The van der Waals surface area contributed by atoms with Crippen molar-refractivity contribution in [1.82, 2.24) is 19.4 Å². The molecule has 0 spiro atoms. The standard InChI is InChI=1S/C21H28N6O3/c1-14(2)26(13-18-22-6-7-25(18)3)21(29)15-9-17-20(23-10-15)24-11-19(28)27(17)12-16-5-4-8-30-16/h6-7,9-10,14,16H,4-5,8,11-13H2,1-3H3,(H,23,24). The predicted octanol–water partition coefficient (Wildman–Crippen LogP) is 1.80. The first-order valence-corrected chi connectivity index (χ1v) is 10.4. The van der Waals surface area contributed by atoms with E-state index in [1.165, 1.54) is 0 Å². The van der Waals surface area contributed by atoms with E-state index < -0.39 is 0 Å². The Hall–Kier alpha value is -2.94. The smallest absolute Gasteiger partial charge is 0.256 e. The van der Waals surface area contributed by atoms with Gasteiger partial charge in [0.25, 0.3) is 5.91 Å². The number of aromatic nitrogens is 3. The second kappa shape index (κ2) is 8.43. The van der Waals surface area contributed by atoms with Gasteiger partial charge in [-0.2, -0.15) is 0 Å². The summed E-state index contributed by atoms with van der Waals surface area (Å²) >= 11 is 0. The minimum absolute atomic E-state index is 0.0204. The van der Waals surface area contributed by atoms with E-state index in [1.807, 2.05) is 31.7 Å². The predicted molar refractivity (Wildman–Crippen MR) is 112 cm³/mol. The number of rotatable bonds is 6. The highest BCUT2D eigenvalue weighted by molar-refractivity contribution is 6.04. The highest BCUT2D eigenvalue weighted by atomic mass is 16.5. The van der Waals surface area contributed by atoms with Gasteiger partial charge in [0.2, 0.25) is 5.91 Å². The average molecular weight is 412 g/mol. The fourth-order valence-electron chi connectivity index (χ4n) is 3.85. The molecular formula is C21H28N6O3. The number of fused-ring (bicyclic) bond motifs is 1. The molecular weight excluding hydrogens is 384 g/mol. The molecule has 9 heteroatoms. The van der Waals surface area contributed by atoms with Gasteiger partial charge in [0, 0.05) is 38.3 Å². The molecule has 160 valence electrons. The molecule has 0 bridgehead atoms. The van der Waals surface area contributed by atoms with Crippen LogP contribution in [-0.2, 0) is 23.1 Å². The molecule has 2 aromatic heterocycles. The lowest BCUT2D eigenvalue weighted by Crippen LogP contribution is -2.44. The van der Waals surface area contributed by atoms with Crippen LogP contribution in [0.1, 0.15) is 42.9 Å². The Morgan fingerprint density at radius 2 is 2.23 bits per heavy atom. The lowest BCUT2D eigenvalue weighted by atomic mass is 10.1. The summed E-state index contributed by atoms with van der Waals surface area (Å²) in [5, 5.41) is 3.05. The van der Waals surface area contributed by atoms with Crippen molar-refractivity contribution in [1.29, 1.82) is 0 Å². The highest BCUT2D eigenvalue weighted by Gasteiger charge is 2.30. The van der Waals surface area contributed by atoms with Crippen molar-refractivity contribution in [3.05, 3.63) is 36.0 Å². The van der Waals surface area contributed by atoms with Crippen molar-refractivity contribution in [2.45, 2.75) is 45.4 Å². The van der Waals surface area contributed by atoms with Crippen molar-refractivity contribution >= 4 is 23.3 Å². The van der Waals surface area contributed by atoms with E-state index in [-0.39, 0.29) is 30.5 Å². The summed E-state index contributed by atoms with van der Waals surface area (Å²) in [7, 11) is 1.91. The van der Waals surface area contributed by atoms with Crippen LogP contribution >= 0.6 is 0 Å². The van der Waals surface area contributed by atoms with Crippen LogP contribution in [0.5, 0.6) is 0 Å². The molecule has 0 radical (unpaired) electrons. The zero-order valence-electron chi connectivity index (χ0n) is 17.7. The van der Waals surface area contributed by atoms with E-state index in [0.717, 1.165) is 25.3 Å². The molecule has 0 aromatic carbocycles. The second-order valence-corrected chi connectivity index (χ2v) is 8.07. The zero-order valence-corrected chi connectivity index (χ0v) is 17.7. The number of anilines is 2. The van der Waals surface area contributed by atoms with Gasteiger partial charge in [0.05, 0.1) is 37.0 Å². The third-order valence-electron chi connectivity index (χ3n) is 5.64. The number of nitrogens with zero attached hydrogens (tertiary/aromatic N) is 5. The number of ether oxygens (including phenoxy) is 1. The molecule has 1 unspecified atom stereocenters. The number of nitrogens with one attached hydrogen (secondary N) is 1. The third kappa shape index (κ3) is 4.02. The Labute approximate surface area is 176 Å². The summed E-state index contributed by atoms with van der Waals surface area (Å²) in [5.74, 6) is 1.24. The van der Waals surface area contributed by atoms with E-state index >= 15 is 0 Å². The van der Waals surface area contributed by atoms with Crippen molar-refractivity contribution in [3.63, 3.8) is 0 Å². The Kier molecular flexibility index (Phi) is 5.72. The van der Waals surface area contributed by atoms with Gasteiger partial charge in [-0.3, -0.25) is 9.59 Å². The van der Waals surface area contributed by atoms with Crippen LogP contribution in [0, 0.1) is 0 Å². The highest BCUT2D eigenvalue weighted by Crippen LogP contribution is 2.30. The van der Waals surface area contributed by atoms with Crippen LogP contribution < -0.4 is 10.2 Å². The molecule has 0 saturated carbocycles. The molecule has 4 rings (SSSR count). The maximum absolute atomic E-state index is 13.3. The molecule has 2 aliphatic heterocycles. The number of carbonyl (C=O) groups excluding carboxylic acids is 2. The Morgan fingerprint density at radius 3 is 2.90 bits per heavy atom. The number of pyridine rings is 1. The number of carbonyl (C=O) groups is 2. The summed E-state index contributed by atoms with van der Waals surface area (Å²) in [5.41, 5.74) is 1.08. The Balaban J connectivity index is 1.61. The van der Waals surface area contributed by atoms with Gasteiger partial charge in [-0.1, -0.05) is 0 Å². The number of aryl methyl sites for hydroxylation is 1. The summed E-state index contributed by atoms with van der Waals surface area (Å²) in [4.78, 5) is 38.2. The first-order valence-electron chi connectivity index (χ1n) is 10.4. The molecule has 30 heavy (non-hydrogen) atoms. The number of amides is 2. The minimum Gasteiger partial charge on any atom is -0.376 e. The molecule has 1 atom stereocenters. The van der Waals surface area contributed by atoms with Crippen LogP contribution in [0.3, 0.4) is 0 Å². The maximum Gasteiger partial charge on any atom is 0.256 e. The molecule has 4 heterocycles. The molecule has 2 aliphatic rings. The quantitative estimate of drug-likeness (QED) is 0.778. The maximum atomic E-state index is 13.3. The molecule has 2 amide bonds. The van der Waals surface area contributed by atoms with Gasteiger partial charge in [-0.25, -0.2) is 9.97 Å². The van der Waals surface area contributed by atoms with Crippen LogP contribution in [0.25, 0.3) is 0 Å². The van der Waals surface area contributed by atoms with Crippen molar-refractivity contribution in [2.24, 2.45) is 7.05 Å². The van der Waals surface area contributed by atoms with Gasteiger partial charge in [-0.05, 0) is 32.8 Å². The fourth-order valence-corrected chi connectivity index (χ4v) is 3.85. The molecule has 2 aromatic rings. The Bertz CT molecular complexity index is 935. The summed E-state index contributed by atoms with van der Waals surface area (Å²) in [6.07, 6.45) is 7.11. The van der Waals surface area contributed by atoms with Gasteiger partial charge in [0.1, 0.15) is 11.6 Å². The van der Waals surface area contributed by atoms with Crippen LogP contribution in [0.15, 0.2) is 24.7 Å². The van der Waals surface area contributed by atoms with E-state index in [4.69, 9.17) is 4.74 Å². The van der Waals surface area contributed by atoms with Crippen LogP contribution in [-0.4, -0.2) is 63.1 Å². The number of imidazole rings is 1. The number of hydrogen-bond donors (Lipinski definition) is 1. The minimum atomic E-state index is -0.140. The molecule has 1 saturated heterocycles. The second-order valence-electron chi connectivity index (χ2n) is 8.07. The van der Waals surface area contributed by atoms with Crippen molar-refractivity contribution < 1.29 is 14.3 Å². The lowest BCUT2D eigenvalue weighted by molar-refractivity contribution is -0.117. The SMILES string of the molecule is CC(C)N(Cc1nccn1C)C(=O)c1cnc2c(c1)N(CC1CCCO1)C(=O)CN2. The van der Waals surface area contributed by atoms with E-state index in [9.17, 15) is 9.59 Å². The normalized spacial score (nSPS) is 18.5. The molecule has 1 fully saturated rings. The zero-order chi connectivity index (χ0) is 21.3. The summed E-state index contributed by atoms with van der Waals surface area (Å²) < 4.78 is 7.62. The largest absolute Gasteiger partial charge is 0.376 e. The fraction of sp³-hybridized carbons (Fsp3) is 0.524. The summed E-state index contributed by atoms with van der Waals surface area (Å²) in [6, 6.07) is 1.74. The lowest BCUT2D eigenvalue weighted by Gasteiger charge is -2.32. The van der Waals surface area contributed by atoms with Crippen molar-refractivity contribution in [2.75, 3.05) is 29.9 Å². The molecule has 1 N–H and O–H groups in total. The van der Waals surface area contributed by atoms with Gasteiger partial charge in [-0.15, -0.1) is 0 Å².